The maximum absolute atomic E-state index is 12.0. The van der Waals surface area contributed by atoms with E-state index >= 15 is 0 Å². The molecule has 196 valence electrons. The SMILES string of the molecule is C[C@@H]1C[C@@H](OC(=O)c2cccnc2)CC(C)(C)C1.C[C@@H]1C[C@@H](OC(=O)c2cccnc2)CC(C)(C)C1. The van der Waals surface area contributed by atoms with E-state index in [0.717, 1.165) is 25.7 Å². The minimum Gasteiger partial charge on any atom is -0.459 e. The highest BCUT2D eigenvalue weighted by Gasteiger charge is 2.35. The summed E-state index contributed by atoms with van der Waals surface area (Å²) in [5.74, 6) is 0.719. The molecule has 2 fully saturated rings. The first-order chi connectivity index (χ1) is 16.9. The molecular formula is C30H42N2O4. The third-order valence-electron chi connectivity index (χ3n) is 7.04. The molecule has 0 unspecified atom stereocenters. The van der Waals surface area contributed by atoms with E-state index in [-0.39, 0.29) is 35.0 Å². The molecule has 0 bridgehead atoms. The zero-order valence-electron chi connectivity index (χ0n) is 22.7. The zero-order valence-corrected chi connectivity index (χ0v) is 22.7. The molecule has 0 spiro atoms. The van der Waals surface area contributed by atoms with Gasteiger partial charge in [-0.15, -0.1) is 0 Å². The van der Waals surface area contributed by atoms with Gasteiger partial charge >= 0.3 is 11.9 Å². The van der Waals surface area contributed by atoms with Crippen molar-refractivity contribution >= 4 is 11.9 Å². The Hall–Kier alpha value is -2.76. The summed E-state index contributed by atoms with van der Waals surface area (Å²) in [7, 11) is 0. The molecule has 0 aliphatic heterocycles. The van der Waals surface area contributed by atoms with Gasteiger partial charge in [-0.1, -0.05) is 41.5 Å². The first kappa shape index (κ1) is 27.8. The molecule has 0 aromatic carbocycles. The molecular weight excluding hydrogens is 452 g/mol. The van der Waals surface area contributed by atoms with E-state index < -0.39 is 0 Å². The molecule has 4 atom stereocenters. The van der Waals surface area contributed by atoms with E-state index in [0.29, 0.717) is 23.0 Å². The van der Waals surface area contributed by atoms with Crippen LogP contribution >= 0.6 is 0 Å². The lowest BCUT2D eigenvalue weighted by atomic mass is 9.71. The molecule has 2 aromatic heterocycles. The number of hydrogen-bond acceptors (Lipinski definition) is 6. The summed E-state index contributed by atoms with van der Waals surface area (Å²) in [6, 6.07) is 6.99. The lowest BCUT2D eigenvalue weighted by Crippen LogP contribution is -2.34. The van der Waals surface area contributed by atoms with Crippen LogP contribution < -0.4 is 0 Å². The van der Waals surface area contributed by atoms with Crippen LogP contribution in [-0.2, 0) is 9.47 Å². The van der Waals surface area contributed by atoms with Crippen LogP contribution in [0.25, 0.3) is 0 Å². The largest absolute Gasteiger partial charge is 0.459 e. The zero-order chi connectivity index (χ0) is 26.3. The minimum absolute atomic E-state index is 0.0384. The van der Waals surface area contributed by atoms with E-state index in [4.69, 9.17) is 9.47 Å². The van der Waals surface area contributed by atoms with Crippen molar-refractivity contribution in [1.82, 2.24) is 9.97 Å². The molecule has 2 heterocycles. The minimum atomic E-state index is -0.252. The normalized spacial score (nSPS) is 26.6. The van der Waals surface area contributed by atoms with Gasteiger partial charge in [-0.3, -0.25) is 9.97 Å². The van der Waals surface area contributed by atoms with Gasteiger partial charge in [0.2, 0.25) is 0 Å². The maximum atomic E-state index is 12.0. The van der Waals surface area contributed by atoms with Crippen molar-refractivity contribution in [2.24, 2.45) is 22.7 Å². The number of carbonyl (C=O) groups excluding carboxylic acids is 2. The van der Waals surface area contributed by atoms with Crippen molar-refractivity contribution in [2.75, 3.05) is 0 Å². The summed E-state index contributed by atoms with van der Waals surface area (Å²) in [6.45, 7) is 13.4. The van der Waals surface area contributed by atoms with Gasteiger partial charge in [0, 0.05) is 24.8 Å². The topological polar surface area (TPSA) is 78.4 Å². The highest BCUT2D eigenvalue weighted by atomic mass is 16.5. The van der Waals surface area contributed by atoms with Crippen LogP contribution in [0.4, 0.5) is 0 Å². The quantitative estimate of drug-likeness (QED) is 0.430. The Morgan fingerprint density at radius 1 is 0.722 bits per heavy atom. The van der Waals surface area contributed by atoms with Gasteiger partial charge in [0.15, 0.2) is 0 Å². The van der Waals surface area contributed by atoms with Gasteiger partial charge in [-0.05, 0) is 85.5 Å². The number of ether oxygens (including phenoxy) is 2. The van der Waals surface area contributed by atoms with Crippen molar-refractivity contribution in [3.8, 4) is 0 Å². The van der Waals surface area contributed by atoms with Crippen LogP contribution in [0.5, 0.6) is 0 Å². The Morgan fingerprint density at radius 3 is 1.42 bits per heavy atom. The first-order valence-electron chi connectivity index (χ1n) is 13.1. The second-order valence-electron chi connectivity index (χ2n) is 12.4. The molecule has 0 radical (unpaired) electrons. The Morgan fingerprint density at radius 2 is 1.11 bits per heavy atom. The average molecular weight is 495 g/mol. The number of nitrogens with zero attached hydrogens (tertiary/aromatic N) is 2. The van der Waals surface area contributed by atoms with Crippen molar-refractivity contribution in [3.63, 3.8) is 0 Å². The fourth-order valence-corrected chi connectivity index (χ4v) is 6.10. The van der Waals surface area contributed by atoms with E-state index in [9.17, 15) is 9.59 Å². The Balaban J connectivity index is 0.000000201. The average Bonchev–Trinajstić information content (AvgIpc) is 2.78. The molecule has 0 amide bonds. The van der Waals surface area contributed by atoms with Crippen molar-refractivity contribution in [3.05, 3.63) is 60.2 Å². The molecule has 2 saturated carbocycles. The summed E-state index contributed by atoms with van der Waals surface area (Å²) in [6.07, 6.45) is 12.7. The summed E-state index contributed by atoms with van der Waals surface area (Å²) in [4.78, 5) is 31.8. The van der Waals surface area contributed by atoms with Crippen LogP contribution in [-0.4, -0.2) is 34.1 Å². The van der Waals surface area contributed by atoms with Crippen LogP contribution in [0.1, 0.15) is 101 Å². The Kier molecular flexibility index (Phi) is 9.26. The third kappa shape index (κ3) is 8.72. The second-order valence-corrected chi connectivity index (χ2v) is 12.4. The van der Waals surface area contributed by atoms with E-state index in [2.05, 4.69) is 51.5 Å². The molecule has 0 saturated heterocycles. The lowest BCUT2D eigenvalue weighted by molar-refractivity contribution is -0.00826. The van der Waals surface area contributed by atoms with Gasteiger partial charge in [0.05, 0.1) is 11.1 Å². The van der Waals surface area contributed by atoms with Crippen LogP contribution in [0.15, 0.2) is 49.1 Å². The van der Waals surface area contributed by atoms with Gasteiger partial charge < -0.3 is 9.47 Å². The number of aromatic nitrogens is 2. The van der Waals surface area contributed by atoms with Crippen LogP contribution in [0.2, 0.25) is 0 Å². The molecule has 2 aliphatic rings. The van der Waals surface area contributed by atoms with Gasteiger partial charge in [0.25, 0.3) is 0 Å². The third-order valence-corrected chi connectivity index (χ3v) is 7.04. The molecule has 0 N–H and O–H groups in total. The number of pyridine rings is 2. The molecule has 36 heavy (non-hydrogen) atoms. The highest BCUT2D eigenvalue weighted by Crippen LogP contribution is 2.40. The number of esters is 2. The smallest absolute Gasteiger partial charge is 0.339 e. The first-order valence-corrected chi connectivity index (χ1v) is 13.1. The number of carbonyl (C=O) groups is 2. The number of rotatable bonds is 4. The number of hydrogen-bond donors (Lipinski definition) is 0. The summed E-state index contributed by atoms with van der Waals surface area (Å²) in [5, 5.41) is 0. The molecule has 6 heteroatoms. The van der Waals surface area contributed by atoms with Crippen molar-refractivity contribution < 1.29 is 19.1 Å². The standard InChI is InChI=1S/2C15H21NO2/c2*1-11-7-13(9-15(2,3)8-11)18-14(17)12-5-4-6-16-10-12/h2*4-6,10-11,13H,7-9H2,1-3H3/t2*11-,13-/m11/s1. The molecule has 2 aromatic rings. The summed E-state index contributed by atoms with van der Waals surface area (Å²) < 4.78 is 11.2. The van der Waals surface area contributed by atoms with Crippen molar-refractivity contribution in [1.29, 1.82) is 0 Å². The van der Waals surface area contributed by atoms with Crippen molar-refractivity contribution in [2.45, 2.75) is 92.3 Å². The second kappa shape index (κ2) is 12.0. The monoisotopic (exact) mass is 494 g/mol. The summed E-state index contributed by atoms with van der Waals surface area (Å²) in [5.41, 5.74) is 1.59. The lowest BCUT2D eigenvalue weighted by Gasteiger charge is -2.38. The van der Waals surface area contributed by atoms with Gasteiger partial charge in [-0.2, -0.15) is 0 Å². The van der Waals surface area contributed by atoms with E-state index in [1.807, 2.05) is 0 Å². The Bertz CT molecular complexity index is 909. The molecule has 2 aliphatic carbocycles. The van der Waals surface area contributed by atoms with E-state index in [1.165, 1.54) is 12.8 Å². The van der Waals surface area contributed by atoms with Crippen LogP contribution in [0, 0.1) is 22.7 Å². The summed E-state index contributed by atoms with van der Waals surface area (Å²) >= 11 is 0. The maximum Gasteiger partial charge on any atom is 0.339 e. The predicted molar refractivity (Wildman–Crippen MR) is 140 cm³/mol. The van der Waals surface area contributed by atoms with Gasteiger partial charge in [-0.25, -0.2) is 9.59 Å². The fourth-order valence-electron chi connectivity index (χ4n) is 6.10. The van der Waals surface area contributed by atoms with Gasteiger partial charge in [0.1, 0.15) is 12.2 Å². The Labute approximate surface area is 216 Å². The van der Waals surface area contributed by atoms with E-state index in [1.54, 1.807) is 49.1 Å². The highest BCUT2D eigenvalue weighted by molar-refractivity contribution is 5.89. The molecule has 4 rings (SSSR count). The molecule has 6 nitrogen and oxygen atoms in total. The fraction of sp³-hybridized carbons (Fsp3) is 0.600. The predicted octanol–water partition coefficient (Wildman–Crippen LogP) is 6.91. The van der Waals surface area contributed by atoms with Crippen LogP contribution in [0.3, 0.4) is 0 Å².